The van der Waals surface area contributed by atoms with E-state index in [1.165, 1.54) is 70.9 Å². The second-order valence-electron chi connectivity index (χ2n) is 14.0. The quantitative estimate of drug-likeness (QED) is 0.183. The molecular weight excluding hydrogens is 613 g/mol. The van der Waals surface area contributed by atoms with Crippen LogP contribution in [-0.2, 0) is 5.41 Å². The average molecular weight is 651 g/mol. The normalized spacial score (nSPS) is 17.7. The van der Waals surface area contributed by atoms with E-state index in [1.54, 1.807) is 0 Å². The van der Waals surface area contributed by atoms with Crippen molar-refractivity contribution >= 4 is 59.9 Å². The van der Waals surface area contributed by atoms with Gasteiger partial charge in [0, 0.05) is 48.2 Å². The molecule has 0 bridgehead atoms. The minimum Gasteiger partial charge on any atom is -0.332 e. The fourth-order valence-corrected chi connectivity index (χ4v) is 9.31. The van der Waals surface area contributed by atoms with E-state index in [9.17, 15) is 0 Å². The Morgan fingerprint density at radius 2 is 1.24 bits per heavy atom. The predicted octanol–water partition coefficient (Wildman–Crippen LogP) is 13.2. The predicted molar refractivity (Wildman–Crippen MR) is 211 cm³/mol. The van der Waals surface area contributed by atoms with E-state index in [0.717, 1.165) is 6.42 Å². The molecule has 2 aliphatic rings. The fourth-order valence-electron chi connectivity index (χ4n) is 8.09. The molecule has 0 N–H and O–H groups in total. The zero-order valence-corrected chi connectivity index (χ0v) is 28.9. The van der Waals surface area contributed by atoms with Crippen LogP contribution in [0.1, 0.15) is 38.3 Å². The van der Waals surface area contributed by atoms with Crippen LogP contribution in [0.4, 0.5) is 28.4 Å². The summed E-state index contributed by atoms with van der Waals surface area (Å²) in [6, 6.07) is 51.6. The SMILES string of the molecule is CC1(C)c2ccccc2N(c2cc(-c3ccc(N(c4ccccc4)C4(C)C=CC=CC4)cc3)c3sc4ccccc4c3c2)c2ccccc21. The lowest BCUT2D eigenvalue weighted by atomic mass is 9.73. The molecule has 2 nitrogen and oxygen atoms in total. The van der Waals surface area contributed by atoms with Gasteiger partial charge in [0.1, 0.15) is 0 Å². The molecule has 0 saturated carbocycles. The molecule has 0 amide bonds. The van der Waals surface area contributed by atoms with Crippen LogP contribution in [0.5, 0.6) is 0 Å². The van der Waals surface area contributed by atoms with E-state index >= 15 is 0 Å². The lowest BCUT2D eigenvalue weighted by Gasteiger charge is -2.42. The van der Waals surface area contributed by atoms with E-state index in [0.29, 0.717) is 0 Å². The van der Waals surface area contributed by atoms with Crippen molar-refractivity contribution in [1.82, 2.24) is 0 Å². The third-order valence-electron chi connectivity index (χ3n) is 10.6. The third kappa shape index (κ3) is 4.75. The summed E-state index contributed by atoms with van der Waals surface area (Å²) in [5.74, 6) is 0. The zero-order chi connectivity index (χ0) is 33.2. The van der Waals surface area contributed by atoms with Crippen molar-refractivity contribution in [3.63, 3.8) is 0 Å². The molecule has 1 unspecified atom stereocenters. The van der Waals surface area contributed by atoms with Gasteiger partial charge in [-0.2, -0.15) is 0 Å². The number of nitrogens with zero attached hydrogens (tertiary/aromatic N) is 2. The number of rotatable bonds is 5. The van der Waals surface area contributed by atoms with Crippen molar-refractivity contribution in [3.05, 3.63) is 175 Å². The van der Waals surface area contributed by atoms with Crippen LogP contribution in [0.25, 0.3) is 31.3 Å². The molecule has 7 aromatic rings. The van der Waals surface area contributed by atoms with Crippen LogP contribution >= 0.6 is 11.3 Å². The Morgan fingerprint density at radius 3 is 1.94 bits per heavy atom. The summed E-state index contributed by atoms with van der Waals surface area (Å²) in [5.41, 5.74) is 10.9. The maximum atomic E-state index is 2.49. The van der Waals surface area contributed by atoms with E-state index < -0.39 is 0 Å². The Hall–Kier alpha value is -5.38. The highest BCUT2D eigenvalue weighted by Gasteiger charge is 2.37. The van der Waals surface area contributed by atoms with E-state index in [4.69, 9.17) is 0 Å². The first kappa shape index (κ1) is 29.7. The highest BCUT2D eigenvalue weighted by atomic mass is 32.1. The summed E-state index contributed by atoms with van der Waals surface area (Å²) in [6.45, 7) is 7.03. The molecule has 1 aliphatic heterocycles. The number of hydrogen-bond donors (Lipinski definition) is 0. The van der Waals surface area contributed by atoms with Crippen LogP contribution in [-0.4, -0.2) is 5.54 Å². The van der Waals surface area contributed by atoms with Gasteiger partial charge in [-0.25, -0.2) is 0 Å². The Kier molecular flexibility index (Phi) is 6.89. The first-order valence-corrected chi connectivity index (χ1v) is 18.0. The Labute approximate surface area is 292 Å². The van der Waals surface area contributed by atoms with Crippen molar-refractivity contribution in [2.75, 3.05) is 9.80 Å². The first-order valence-electron chi connectivity index (χ1n) is 17.2. The molecule has 2 heterocycles. The number of hydrogen-bond acceptors (Lipinski definition) is 3. The van der Waals surface area contributed by atoms with Gasteiger partial charge in [-0.05, 0) is 84.6 Å². The topological polar surface area (TPSA) is 6.48 Å². The van der Waals surface area contributed by atoms with Crippen LogP contribution in [0.3, 0.4) is 0 Å². The summed E-state index contributed by atoms with van der Waals surface area (Å²) in [7, 11) is 0. The molecule has 0 radical (unpaired) electrons. The van der Waals surface area contributed by atoms with E-state index in [2.05, 4.69) is 194 Å². The van der Waals surface area contributed by atoms with Crippen molar-refractivity contribution in [1.29, 1.82) is 0 Å². The second kappa shape index (κ2) is 11.4. The highest BCUT2D eigenvalue weighted by Crippen LogP contribution is 2.53. The molecule has 49 heavy (non-hydrogen) atoms. The molecule has 6 aromatic carbocycles. The van der Waals surface area contributed by atoms with Gasteiger partial charge in [0.2, 0.25) is 0 Å². The van der Waals surface area contributed by atoms with Gasteiger partial charge in [-0.1, -0.05) is 123 Å². The third-order valence-corrected chi connectivity index (χ3v) is 11.8. The molecule has 0 spiro atoms. The van der Waals surface area contributed by atoms with Crippen LogP contribution < -0.4 is 9.80 Å². The van der Waals surface area contributed by atoms with Crippen molar-refractivity contribution in [3.8, 4) is 11.1 Å². The van der Waals surface area contributed by atoms with E-state index in [-0.39, 0.29) is 11.0 Å². The van der Waals surface area contributed by atoms with Gasteiger partial charge in [0.05, 0.1) is 16.9 Å². The Bertz CT molecular complexity index is 2360. The van der Waals surface area contributed by atoms with Crippen molar-refractivity contribution in [2.45, 2.75) is 38.1 Å². The van der Waals surface area contributed by atoms with E-state index in [1.807, 2.05) is 11.3 Å². The highest BCUT2D eigenvalue weighted by molar-refractivity contribution is 7.26. The standard InChI is InChI=1S/C46H38N2S/c1-45(2)39-19-9-11-21-41(39)47(42-22-12-10-20-40(42)45)35-30-37(44-38(31-35)36-18-8-13-23-43(36)49-44)32-24-26-34(27-25-32)48(33-16-6-4-7-17-33)46(3)28-14-5-15-29-46/h4-28,30-31H,29H2,1-3H3. The fraction of sp³-hybridized carbons (Fsp3) is 0.130. The summed E-state index contributed by atoms with van der Waals surface area (Å²) >= 11 is 1.89. The maximum absolute atomic E-state index is 2.49. The van der Waals surface area contributed by atoms with Gasteiger partial charge < -0.3 is 9.80 Å². The minimum atomic E-state index is -0.168. The molecule has 238 valence electrons. The number of thiophene rings is 1. The number of anilines is 5. The molecule has 0 saturated heterocycles. The maximum Gasteiger partial charge on any atom is 0.0642 e. The van der Waals surface area contributed by atoms with Gasteiger partial charge in [0.25, 0.3) is 0 Å². The van der Waals surface area contributed by atoms with Gasteiger partial charge >= 0.3 is 0 Å². The molecular formula is C46H38N2S. The summed E-state index contributed by atoms with van der Waals surface area (Å²) < 4.78 is 2.64. The summed E-state index contributed by atoms with van der Waals surface area (Å²) in [4.78, 5) is 4.96. The summed E-state index contributed by atoms with van der Waals surface area (Å²) in [6.07, 6.45) is 9.87. The Morgan fingerprint density at radius 1 is 0.612 bits per heavy atom. The van der Waals surface area contributed by atoms with Gasteiger partial charge in [-0.3, -0.25) is 0 Å². The molecule has 9 rings (SSSR count). The number of allylic oxidation sites excluding steroid dienone is 2. The largest absolute Gasteiger partial charge is 0.332 e. The number of benzene rings is 6. The average Bonchev–Trinajstić information content (AvgIpc) is 3.51. The number of para-hydroxylation sites is 3. The first-order chi connectivity index (χ1) is 23.9. The summed E-state index contributed by atoms with van der Waals surface area (Å²) in [5, 5.41) is 2.61. The van der Waals surface area contributed by atoms with Crippen molar-refractivity contribution < 1.29 is 0 Å². The molecule has 1 aliphatic carbocycles. The monoisotopic (exact) mass is 650 g/mol. The van der Waals surface area contributed by atoms with Crippen LogP contribution in [0.2, 0.25) is 0 Å². The smallest absolute Gasteiger partial charge is 0.0642 e. The van der Waals surface area contributed by atoms with Gasteiger partial charge in [-0.15, -0.1) is 11.3 Å². The molecule has 1 aromatic heterocycles. The lowest BCUT2D eigenvalue weighted by molar-refractivity contribution is 0.570. The molecule has 1 atom stereocenters. The zero-order valence-electron chi connectivity index (χ0n) is 28.1. The van der Waals surface area contributed by atoms with Crippen LogP contribution in [0.15, 0.2) is 164 Å². The number of fused-ring (bicyclic) bond motifs is 5. The van der Waals surface area contributed by atoms with Crippen molar-refractivity contribution in [2.24, 2.45) is 0 Å². The molecule has 0 fully saturated rings. The second-order valence-corrected chi connectivity index (χ2v) is 15.1. The lowest BCUT2D eigenvalue weighted by Crippen LogP contribution is -2.42. The van der Waals surface area contributed by atoms with Gasteiger partial charge in [0.15, 0.2) is 0 Å². The van der Waals surface area contributed by atoms with Crippen LogP contribution in [0, 0.1) is 0 Å². The Balaban J connectivity index is 1.24. The molecule has 3 heteroatoms. The minimum absolute atomic E-state index is 0.105.